The molecular weight excluding hydrogens is 270 g/mol. The molecule has 114 valence electrons. The lowest BCUT2D eigenvalue weighted by molar-refractivity contribution is -0.124. The molecule has 3 N–H and O–H groups in total. The first-order valence-electron chi connectivity index (χ1n) is 6.85. The summed E-state index contributed by atoms with van der Waals surface area (Å²) in [4.78, 5) is 25.1. The molecule has 2 fully saturated rings. The van der Waals surface area contributed by atoms with E-state index in [-0.39, 0.29) is 12.1 Å². The van der Waals surface area contributed by atoms with Crippen molar-refractivity contribution in [2.75, 3.05) is 26.2 Å². The quantitative estimate of drug-likeness (QED) is 0.680. The summed E-state index contributed by atoms with van der Waals surface area (Å²) in [6.45, 7) is 2.90. The van der Waals surface area contributed by atoms with Gasteiger partial charge in [-0.25, -0.2) is 13.6 Å². The fourth-order valence-electron chi connectivity index (χ4n) is 2.53. The summed E-state index contributed by atoms with van der Waals surface area (Å²) in [7, 11) is 0. The van der Waals surface area contributed by atoms with Crippen LogP contribution in [0.4, 0.5) is 13.6 Å². The maximum absolute atomic E-state index is 13.0. The van der Waals surface area contributed by atoms with Gasteiger partial charge in [0.25, 0.3) is 5.92 Å². The molecule has 2 saturated heterocycles. The average Bonchev–Trinajstić information content (AvgIpc) is 2.96. The Morgan fingerprint density at radius 3 is 2.80 bits per heavy atom. The molecule has 2 atom stereocenters. The van der Waals surface area contributed by atoms with E-state index >= 15 is 0 Å². The van der Waals surface area contributed by atoms with E-state index in [9.17, 15) is 18.4 Å². The molecule has 2 unspecified atom stereocenters. The number of urea groups is 1. The summed E-state index contributed by atoms with van der Waals surface area (Å²) in [5, 5.41) is 7.94. The lowest BCUT2D eigenvalue weighted by Gasteiger charge is -2.18. The van der Waals surface area contributed by atoms with Crippen molar-refractivity contribution in [3.8, 4) is 0 Å². The van der Waals surface area contributed by atoms with Crippen molar-refractivity contribution in [3.05, 3.63) is 0 Å². The van der Waals surface area contributed by atoms with Crippen LogP contribution in [0.3, 0.4) is 0 Å². The molecular formula is C12H20F2N4O2. The van der Waals surface area contributed by atoms with Gasteiger partial charge in [0, 0.05) is 32.1 Å². The number of halogens is 2. The van der Waals surface area contributed by atoms with Crippen molar-refractivity contribution >= 4 is 11.9 Å². The average molecular weight is 290 g/mol. The van der Waals surface area contributed by atoms with E-state index in [4.69, 9.17) is 0 Å². The van der Waals surface area contributed by atoms with Crippen molar-refractivity contribution in [2.24, 2.45) is 0 Å². The molecule has 0 aromatic carbocycles. The van der Waals surface area contributed by atoms with E-state index < -0.39 is 30.8 Å². The van der Waals surface area contributed by atoms with Crippen LogP contribution >= 0.6 is 0 Å². The Hall–Kier alpha value is -1.44. The molecule has 2 heterocycles. The van der Waals surface area contributed by atoms with Crippen molar-refractivity contribution in [1.82, 2.24) is 20.9 Å². The molecule has 0 saturated carbocycles. The van der Waals surface area contributed by atoms with Gasteiger partial charge in [-0.05, 0) is 13.3 Å². The number of likely N-dealkylation sites (tertiary alicyclic amines) is 1. The van der Waals surface area contributed by atoms with Crippen LogP contribution in [0.25, 0.3) is 0 Å². The second-order valence-corrected chi connectivity index (χ2v) is 5.27. The van der Waals surface area contributed by atoms with Gasteiger partial charge in [0.05, 0.1) is 12.6 Å². The lowest BCUT2D eigenvalue weighted by Crippen LogP contribution is -2.47. The van der Waals surface area contributed by atoms with Crippen molar-refractivity contribution in [3.63, 3.8) is 0 Å². The Morgan fingerprint density at radius 1 is 1.45 bits per heavy atom. The molecule has 3 amide bonds. The van der Waals surface area contributed by atoms with Gasteiger partial charge in [-0.15, -0.1) is 0 Å². The van der Waals surface area contributed by atoms with Crippen LogP contribution in [0.1, 0.15) is 19.8 Å². The minimum Gasteiger partial charge on any atom is -0.350 e. The molecule has 2 aliphatic heterocycles. The van der Waals surface area contributed by atoms with Crippen molar-refractivity contribution < 1.29 is 18.4 Å². The molecule has 0 radical (unpaired) electrons. The Labute approximate surface area is 116 Å². The summed E-state index contributed by atoms with van der Waals surface area (Å²) in [5.41, 5.74) is 0. The molecule has 2 aliphatic rings. The minimum atomic E-state index is -2.81. The third-order valence-corrected chi connectivity index (χ3v) is 3.58. The van der Waals surface area contributed by atoms with E-state index in [0.29, 0.717) is 26.1 Å². The van der Waals surface area contributed by atoms with Crippen LogP contribution in [0.2, 0.25) is 0 Å². The van der Waals surface area contributed by atoms with Crippen molar-refractivity contribution in [1.29, 1.82) is 0 Å². The van der Waals surface area contributed by atoms with Gasteiger partial charge in [-0.1, -0.05) is 0 Å². The van der Waals surface area contributed by atoms with E-state index in [2.05, 4.69) is 16.0 Å². The third-order valence-electron chi connectivity index (χ3n) is 3.58. The number of nitrogens with one attached hydrogen (secondary N) is 3. The summed E-state index contributed by atoms with van der Waals surface area (Å²) in [6.07, 6.45) is 0.178. The monoisotopic (exact) mass is 290 g/mol. The molecule has 6 nitrogen and oxygen atoms in total. The van der Waals surface area contributed by atoms with Gasteiger partial charge < -0.3 is 15.5 Å². The number of hydrogen-bond donors (Lipinski definition) is 3. The third kappa shape index (κ3) is 3.56. The van der Waals surface area contributed by atoms with Gasteiger partial charge in [0.1, 0.15) is 0 Å². The summed E-state index contributed by atoms with van der Waals surface area (Å²) >= 11 is 0. The van der Waals surface area contributed by atoms with Crippen molar-refractivity contribution in [2.45, 2.75) is 37.8 Å². The maximum atomic E-state index is 13.0. The lowest BCUT2D eigenvalue weighted by atomic mass is 10.1. The Bertz CT molecular complexity index is 392. The molecule has 0 spiro atoms. The molecule has 20 heavy (non-hydrogen) atoms. The largest absolute Gasteiger partial charge is 0.350 e. The standard InChI is InChI=1S/C12H20F2N4O2/c1-2-15-11(20)18-4-3-8(6-18)17-10(19)9-5-12(13,14)7-16-9/h8-9,16H,2-7H2,1H3,(H,15,20)(H,17,19). The number of nitrogens with zero attached hydrogens (tertiary/aromatic N) is 1. The smallest absolute Gasteiger partial charge is 0.317 e. The Kier molecular flexibility index (Phi) is 4.42. The predicted octanol–water partition coefficient (Wildman–Crippen LogP) is -0.0964. The SMILES string of the molecule is CCNC(=O)N1CCC(NC(=O)C2CC(F)(F)CN2)C1. The fourth-order valence-corrected chi connectivity index (χ4v) is 2.53. The van der Waals surface area contributed by atoms with Crippen LogP contribution in [0.5, 0.6) is 0 Å². The molecule has 8 heteroatoms. The van der Waals surface area contributed by atoms with Crippen LogP contribution in [-0.2, 0) is 4.79 Å². The highest BCUT2D eigenvalue weighted by Crippen LogP contribution is 2.25. The number of carbonyl (C=O) groups excluding carboxylic acids is 2. The first kappa shape index (κ1) is 15.0. The highest BCUT2D eigenvalue weighted by molar-refractivity contribution is 5.82. The van der Waals surface area contributed by atoms with Gasteiger partial charge in [0.2, 0.25) is 5.91 Å². The summed E-state index contributed by atoms with van der Waals surface area (Å²) in [6, 6.07) is -1.17. The Morgan fingerprint density at radius 2 is 2.20 bits per heavy atom. The molecule has 0 aromatic rings. The zero-order valence-electron chi connectivity index (χ0n) is 11.4. The normalized spacial score (nSPS) is 28.4. The zero-order chi connectivity index (χ0) is 14.8. The summed E-state index contributed by atoms with van der Waals surface area (Å²) < 4.78 is 26.0. The van der Waals surface area contributed by atoms with Crippen LogP contribution in [-0.4, -0.2) is 61.0 Å². The second-order valence-electron chi connectivity index (χ2n) is 5.27. The highest BCUT2D eigenvalue weighted by atomic mass is 19.3. The number of rotatable bonds is 3. The zero-order valence-corrected chi connectivity index (χ0v) is 11.4. The van der Waals surface area contributed by atoms with Gasteiger partial charge in [-0.2, -0.15) is 0 Å². The summed E-state index contributed by atoms with van der Waals surface area (Å²) in [5.74, 6) is -3.23. The number of hydrogen-bond acceptors (Lipinski definition) is 3. The number of alkyl halides is 2. The van der Waals surface area contributed by atoms with E-state index in [0.717, 1.165) is 0 Å². The van der Waals surface area contributed by atoms with E-state index in [1.807, 2.05) is 6.92 Å². The van der Waals surface area contributed by atoms with Gasteiger partial charge in [0.15, 0.2) is 0 Å². The molecule has 0 bridgehead atoms. The minimum absolute atomic E-state index is 0.158. The van der Waals surface area contributed by atoms with Gasteiger partial charge >= 0.3 is 6.03 Å². The maximum Gasteiger partial charge on any atom is 0.317 e. The fraction of sp³-hybridized carbons (Fsp3) is 0.833. The van der Waals surface area contributed by atoms with Crippen LogP contribution < -0.4 is 16.0 Å². The molecule has 2 rings (SSSR count). The van der Waals surface area contributed by atoms with E-state index in [1.165, 1.54) is 0 Å². The number of amides is 3. The van der Waals surface area contributed by atoms with Crippen LogP contribution in [0, 0.1) is 0 Å². The Balaban J connectivity index is 1.78. The first-order valence-corrected chi connectivity index (χ1v) is 6.85. The predicted molar refractivity (Wildman–Crippen MR) is 68.5 cm³/mol. The first-order chi connectivity index (χ1) is 9.41. The van der Waals surface area contributed by atoms with Crippen LogP contribution in [0.15, 0.2) is 0 Å². The topological polar surface area (TPSA) is 73.5 Å². The van der Waals surface area contributed by atoms with E-state index in [1.54, 1.807) is 4.90 Å². The number of carbonyl (C=O) groups is 2. The highest BCUT2D eigenvalue weighted by Gasteiger charge is 2.43. The van der Waals surface area contributed by atoms with Gasteiger partial charge in [-0.3, -0.25) is 10.1 Å². The second kappa shape index (κ2) is 5.90. The molecule has 0 aromatic heterocycles. The molecule has 0 aliphatic carbocycles.